The van der Waals surface area contributed by atoms with Crippen LogP contribution < -0.4 is 0 Å². The summed E-state index contributed by atoms with van der Waals surface area (Å²) >= 11 is 0. The Kier molecular flexibility index (Phi) is 2.62. The fourth-order valence-corrected chi connectivity index (χ4v) is 3.91. The maximum atomic E-state index is 12.1. The van der Waals surface area contributed by atoms with Crippen LogP contribution >= 0.6 is 0 Å². The van der Waals surface area contributed by atoms with Gasteiger partial charge in [-0.2, -0.15) is 0 Å². The molecule has 0 aliphatic carbocycles. The highest BCUT2D eigenvalue weighted by molar-refractivity contribution is 5.90. The smallest absolute Gasteiger partial charge is 0.336 e. The van der Waals surface area contributed by atoms with Gasteiger partial charge in [-0.05, 0) is 37.3 Å². The number of carbonyl (C=O) groups is 1. The molecule has 3 aliphatic heterocycles. The monoisotopic (exact) mass is 269 g/mol. The van der Waals surface area contributed by atoms with Gasteiger partial charge in [-0.25, -0.2) is 4.79 Å². The molecule has 1 aromatic carbocycles. The molecule has 0 radical (unpaired) electrons. The minimum Gasteiger partial charge on any atom is -0.459 e. The number of ether oxygens (including phenoxy) is 1. The summed E-state index contributed by atoms with van der Waals surface area (Å²) < 4.78 is 5.38. The van der Waals surface area contributed by atoms with Gasteiger partial charge in [-0.3, -0.25) is 0 Å². The Morgan fingerprint density at radius 2 is 2.10 bits per heavy atom. The number of cyclic esters (lactones) is 1. The quantitative estimate of drug-likeness (QED) is 0.678. The van der Waals surface area contributed by atoms with Gasteiger partial charge in [0, 0.05) is 18.7 Å². The van der Waals surface area contributed by atoms with E-state index in [-0.39, 0.29) is 12.1 Å². The molecule has 0 bridgehead atoms. The van der Waals surface area contributed by atoms with Crippen LogP contribution in [0.4, 0.5) is 0 Å². The van der Waals surface area contributed by atoms with Crippen LogP contribution in [0.15, 0.2) is 35.5 Å². The van der Waals surface area contributed by atoms with Gasteiger partial charge in [0.15, 0.2) is 0 Å². The second kappa shape index (κ2) is 4.37. The molecule has 0 saturated carbocycles. The Bertz CT molecular complexity index is 605. The van der Waals surface area contributed by atoms with Crippen molar-refractivity contribution in [3.8, 4) is 0 Å². The van der Waals surface area contributed by atoms with Crippen LogP contribution in [-0.2, 0) is 16.0 Å². The second-order valence-corrected chi connectivity index (χ2v) is 6.04. The molecule has 104 valence electrons. The molecule has 2 atom stereocenters. The molecular weight excluding hydrogens is 250 g/mol. The number of nitrogens with zero attached hydrogens (tertiary/aromatic N) is 1. The van der Waals surface area contributed by atoms with Crippen LogP contribution in [0.1, 0.15) is 43.4 Å². The number of esters is 1. The molecule has 3 heteroatoms. The molecule has 0 fully saturated rings. The van der Waals surface area contributed by atoms with Gasteiger partial charge < -0.3 is 9.64 Å². The van der Waals surface area contributed by atoms with Crippen molar-refractivity contribution in [3.63, 3.8) is 0 Å². The van der Waals surface area contributed by atoms with Gasteiger partial charge >= 0.3 is 5.97 Å². The summed E-state index contributed by atoms with van der Waals surface area (Å²) in [6.45, 7) is 3.02. The first-order valence-electron chi connectivity index (χ1n) is 7.51. The maximum absolute atomic E-state index is 12.1. The van der Waals surface area contributed by atoms with Crippen LogP contribution in [0.3, 0.4) is 0 Å². The molecule has 4 rings (SSSR count). The molecule has 2 unspecified atom stereocenters. The van der Waals surface area contributed by atoms with E-state index in [1.54, 1.807) is 0 Å². The molecule has 0 N–H and O–H groups in total. The summed E-state index contributed by atoms with van der Waals surface area (Å²) in [5, 5.41) is 0. The lowest BCUT2D eigenvalue weighted by molar-refractivity contribution is -0.146. The summed E-state index contributed by atoms with van der Waals surface area (Å²) in [5.41, 5.74) is 5.11. The predicted octanol–water partition coefficient (Wildman–Crippen LogP) is 2.97. The van der Waals surface area contributed by atoms with Gasteiger partial charge in [0.25, 0.3) is 0 Å². The van der Waals surface area contributed by atoms with Crippen LogP contribution in [0.25, 0.3) is 0 Å². The molecule has 0 aromatic heterocycles. The van der Waals surface area contributed by atoms with E-state index in [9.17, 15) is 4.79 Å². The highest BCUT2D eigenvalue weighted by Gasteiger charge is 2.38. The Morgan fingerprint density at radius 1 is 1.25 bits per heavy atom. The fraction of sp³-hybridized carbons (Fsp3) is 0.471. The zero-order valence-corrected chi connectivity index (χ0v) is 11.8. The molecule has 3 heterocycles. The molecule has 0 amide bonds. The number of rotatable bonds is 0. The van der Waals surface area contributed by atoms with Crippen molar-refractivity contribution in [1.29, 1.82) is 0 Å². The van der Waals surface area contributed by atoms with Crippen molar-refractivity contribution >= 4 is 5.97 Å². The Balaban J connectivity index is 1.76. The largest absolute Gasteiger partial charge is 0.459 e. The summed E-state index contributed by atoms with van der Waals surface area (Å²) in [6.07, 6.45) is 3.85. The molecule has 20 heavy (non-hydrogen) atoms. The van der Waals surface area contributed by atoms with Crippen molar-refractivity contribution in [2.45, 2.75) is 44.8 Å². The second-order valence-electron chi connectivity index (χ2n) is 6.04. The van der Waals surface area contributed by atoms with Gasteiger partial charge in [-0.1, -0.05) is 24.3 Å². The minimum atomic E-state index is -0.0870. The summed E-state index contributed by atoms with van der Waals surface area (Å²) in [5.74, 6) is -0.0870. The molecule has 0 saturated heterocycles. The Morgan fingerprint density at radius 3 is 3.00 bits per heavy atom. The molecule has 0 spiro atoms. The average molecular weight is 269 g/mol. The van der Waals surface area contributed by atoms with Crippen LogP contribution in [0, 0.1) is 0 Å². The topological polar surface area (TPSA) is 29.5 Å². The predicted molar refractivity (Wildman–Crippen MR) is 76.0 cm³/mol. The zero-order valence-electron chi connectivity index (χ0n) is 11.8. The SMILES string of the molecule is CC1CC2=C(CCC3c4ccccc4CCN23)C(=O)O1. The van der Waals surface area contributed by atoms with Crippen LogP contribution in [0.2, 0.25) is 0 Å². The lowest BCUT2D eigenvalue weighted by atomic mass is 9.83. The third-order valence-electron chi connectivity index (χ3n) is 4.81. The van der Waals surface area contributed by atoms with Crippen molar-refractivity contribution in [2.24, 2.45) is 0 Å². The van der Waals surface area contributed by atoms with Crippen molar-refractivity contribution in [1.82, 2.24) is 4.90 Å². The van der Waals surface area contributed by atoms with Crippen molar-refractivity contribution in [2.75, 3.05) is 6.54 Å². The number of carbonyl (C=O) groups excluding carboxylic acids is 1. The first kappa shape index (κ1) is 12.0. The first-order valence-corrected chi connectivity index (χ1v) is 7.51. The first-order chi connectivity index (χ1) is 9.74. The van der Waals surface area contributed by atoms with Gasteiger partial charge in [0.1, 0.15) is 6.10 Å². The van der Waals surface area contributed by atoms with E-state index in [2.05, 4.69) is 29.2 Å². The highest BCUT2D eigenvalue weighted by atomic mass is 16.5. The molecule has 1 aromatic rings. The van der Waals surface area contributed by atoms with Crippen LogP contribution in [-0.4, -0.2) is 23.5 Å². The van der Waals surface area contributed by atoms with E-state index in [4.69, 9.17) is 4.74 Å². The van der Waals surface area contributed by atoms with E-state index in [1.807, 2.05) is 6.92 Å². The van der Waals surface area contributed by atoms with E-state index >= 15 is 0 Å². The van der Waals surface area contributed by atoms with Crippen molar-refractivity contribution < 1.29 is 9.53 Å². The standard InChI is InChI=1S/C17H19NO2/c1-11-10-16-14(17(19)20-11)6-7-15-13-5-3-2-4-12(13)8-9-18(15)16/h2-5,11,15H,6-10H2,1H3. The fourth-order valence-electron chi connectivity index (χ4n) is 3.91. The van der Waals surface area contributed by atoms with Gasteiger partial charge in [0.05, 0.1) is 11.6 Å². The van der Waals surface area contributed by atoms with E-state index < -0.39 is 0 Å². The summed E-state index contributed by atoms with van der Waals surface area (Å²) in [4.78, 5) is 14.5. The normalized spacial score (nSPS) is 28.4. The third kappa shape index (κ3) is 1.69. The van der Waals surface area contributed by atoms with E-state index in [1.165, 1.54) is 16.8 Å². The average Bonchev–Trinajstić information content (AvgIpc) is 2.46. The molecule has 3 nitrogen and oxygen atoms in total. The number of fused-ring (bicyclic) bond motifs is 4. The minimum absolute atomic E-state index is 0.0113. The Labute approximate surface area is 119 Å². The van der Waals surface area contributed by atoms with Gasteiger partial charge in [-0.15, -0.1) is 0 Å². The Hall–Kier alpha value is -1.77. The molecule has 3 aliphatic rings. The van der Waals surface area contributed by atoms with Crippen molar-refractivity contribution in [3.05, 3.63) is 46.7 Å². The third-order valence-corrected chi connectivity index (χ3v) is 4.81. The lowest BCUT2D eigenvalue weighted by Crippen LogP contribution is -2.42. The summed E-state index contributed by atoms with van der Waals surface area (Å²) in [7, 11) is 0. The number of hydrogen-bond donors (Lipinski definition) is 0. The maximum Gasteiger partial charge on any atom is 0.336 e. The molecular formula is C17H19NO2. The van der Waals surface area contributed by atoms with Gasteiger partial charge in [0.2, 0.25) is 0 Å². The van der Waals surface area contributed by atoms with E-state index in [0.717, 1.165) is 37.8 Å². The number of hydrogen-bond acceptors (Lipinski definition) is 3. The van der Waals surface area contributed by atoms with Crippen LogP contribution in [0.5, 0.6) is 0 Å². The zero-order chi connectivity index (χ0) is 13.7. The number of benzene rings is 1. The highest BCUT2D eigenvalue weighted by Crippen LogP contribution is 2.44. The summed E-state index contributed by atoms with van der Waals surface area (Å²) in [6, 6.07) is 9.21. The van der Waals surface area contributed by atoms with E-state index in [0.29, 0.717) is 6.04 Å². The lowest BCUT2D eigenvalue weighted by Gasteiger charge is -2.46.